The van der Waals surface area contributed by atoms with Crippen LogP contribution in [0.2, 0.25) is 0 Å². The molecule has 5 nitrogen and oxygen atoms in total. The van der Waals surface area contributed by atoms with E-state index in [4.69, 9.17) is 0 Å². The molecule has 2 aromatic carbocycles. The van der Waals surface area contributed by atoms with Crippen LogP contribution in [0.15, 0.2) is 77.4 Å². The third-order valence-electron chi connectivity index (χ3n) is 4.54. The van der Waals surface area contributed by atoms with Gasteiger partial charge in [-0.1, -0.05) is 60.3 Å². The van der Waals surface area contributed by atoms with Crippen molar-refractivity contribution < 1.29 is 18.0 Å². The maximum atomic E-state index is 13.2. The number of para-hydroxylation sites is 1. The molecule has 0 aliphatic rings. The first kappa shape index (κ1) is 23.1. The Morgan fingerprint density at radius 3 is 2.45 bits per heavy atom. The van der Waals surface area contributed by atoms with Gasteiger partial charge in [-0.3, -0.25) is 4.79 Å². The van der Waals surface area contributed by atoms with Crippen molar-refractivity contribution in [1.82, 2.24) is 14.5 Å². The van der Waals surface area contributed by atoms with Crippen molar-refractivity contribution in [2.24, 2.45) is 0 Å². The standard InChI is InChI=1S/C23H19F3N4OS2/c24-23(25,26)15-30-19(16-7-3-1-4-8-16)12-27-22(30)33-14-18-13-32-21(29-18)11-20(31)28-17-9-5-2-6-10-17/h1-10,12-13H,11,14-15H2,(H,28,31). The second-order valence-corrected chi connectivity index (χ2v) is 8.99. The van der Waals surface area contributed by atoms with E-state index in [1.165, 1.54) is 33.9 Å². The SMILES string of the molecule is O=C(Cc1nc(CSc2ncc(-c3ccccc3)n2CC(F)(F)F)cs1)Nc1ccccc1. The summed E-state index contributed by atoms with van der Waals surface area (Å²) in [5.74, 6) is 0.169. The molecule has 0 aliphatic carbocycles. The van der Waals surface area contributed by atoms with E-state index in [2.05, 4.69) is 15.3 Å². The molecule has 1 amide bonds. The van der Waals surface area contributed by atoms with Crippen molar-refractivity contribution in [3.05, 3.63) is 82.9 Å². The molecule has 0 unspecified atom stereocenters. The van der Waals surface area contributed by atoms with Crippen molar-refractivity contribution in [2.75, 3.05) is 5.32 Å². The Kier molecular flexibility index (Phi) is 7.14. The summed E-state index contributed by atoms with van der Waals surface area (Å²) in [5.41, 5.74) is 2.48. The molecule has 2 heterocycles. The minimum Gasteiger partial charge on any atom is -0.326 e. The van der Waals surface area contributed by atoms with Crippen LogP contribution in [0.25, 0.3) is 11.3 Å². The number of benzene rings is 2. The summed E-state index contributed by atoms with van der Waals surface area (Å²) in [6.07, 6.45) is -2.78. The van der Waals surface area contributed by atoms with E-state index in [9.17, 15) is 18.0 Å². The Morgan fingerprint density at radius 1 is 1.06 bits per heavy atom. The molecule has 0 spiro atoms. The second-order valence-electron chi connectivity index (χ2n) is 7.11. The zero-order valence-corrected chi connectivity index (χ0v) is 18.9. The number of carbonyl (C=O) groups is 1. The van der Waals surface area contributed by atoms with Crippen LogP contribution in [-0.2, 0) is 23.5 Å². The Balaban J connectivity index is 1.42. The van der Waals surface area contributed by atoms with E-state index < -0.39 is 12.7 Å². The number of carbonyl (C=O) groups excluding carboxylic acids is 1. The highest BCUT2D eigenvalue weighted by atomic mass is 32.2. The predicted molar refractivity (Wildman–Crippen MR) is 124 cm³/mol. The minimum absolute atomic E-state index is 0.130. The van der Waals surface area contributed by atoms with E-state index >= 15 is 0 Å². The molecule has 4 aromatic rings. The molecule has 0 saturated heterocycles. The molecule has 0 aliphatic heterocycles. The lowest BCUT2D eigenvalue weighted by molar-refractivity contribution is -0.141. The third-order valence-corrected chi connectivity index (χ3v) is 6.47. The number of hydrogen-bond donors (Lipinski definition) is 1. The Morgan fingerprint density at radius 2 is 1.76 bits per heavy atom. The number of thiazole rings is 1. The van der Waals surface area contributed by atoms with Gasteiger partial charge in [0.1, 0.15) is 11.6 Å². The van der Waals surface area contributed by atoms with Gasteiger partial charge in [-0.05, 0) is 17.7 Å². The topological polar surface area (TPSA) is 59.8 Å². The molecule has 0 fully saturated rings. The first-order valence-electron chi connectivity index (χ1n) is 9.96. The molecule has 2 aromatic heterocycles. The van der Waals surface area contributed by atoms with Crippen LogP contribution < -0.4 is 5.32 Å². The summed E-state index contributed by atoms with van der Waals surface area (Å²) in [6, 6.07) is 18.0. The Hall–Kier alpha value is -3.11. The van der Waals surface area contributed by atoms with Crippen LogP contribution in [0.3, 0.4) is 0 Å². The first-order chi connectivity index (χ1) is 15.9. The van der Waals surface area contributed by atoms with Gasteiger partial charge in [-0.15, -0.1) is 11.3 Å². The third kappa shape index (κ3) is 6.45. The van der Waals surface area contributed by atoms with Crippen LogP contribution in [0.4, 0.5) is 18.9 Å². The number of hydrogen-bond acceptors (Lipinski definition) is 5. The van der Waals surface area contributed by atoms with Gasteiger partial charge in [0, 0.05) is 16.8 Å². The van der Waals surface area contributed by atoms with Gasteiger partial charge in [0.05, 0.1) is 24.0 Å². The van der Waals surface area contributed by atoms with Crippen molar-refractivity contribution in [1.29, 1.82) is 0 Å². The Labute approximate surface area is 196 Å². The fourth-order valence-corrected chi connectivity index (χ4v) is 4.91. The smallest absolute Gasteiger partial charge is 0.326 e. The predicted octanol–water partition coefficient (Wildman–Crippen LogP) is 6.04. The van der Waals surface area contributed by atoms with E-state index in [0.29, 0.717) is 33.4 Å². The first-order valence-corrected chi connectivity index (χ1v) is 11.8. The normalized spacial score (nSPS) is 11.5. The Bertz CT molecular complexity index is 1210. The van der Waals surface area contributed by atoms with Gasteiger partial charge in [0.25, 0.3) is 0 Å². The summed E-state index contributed by atoms with van der Waals surface area (Å²) >= 11 is 2.53. The lowest BCUT2D eigenvalue weighted by atomic mass is 10.2. The van der Waals surface area contributed by atoms with Crippen LogP contribution in [0, 0.1) is 0 Å². The van der Waals surface area contributed by atoms with Gasteiger partial charge >= 0.3 is 6.18 Å². The van der Waals surface area contributed by atoms with Crippen molar-refractivity contribution in [3.63, 3.8) is 0 Å². The van der Waals surface area contributed by atoms with Crippen LogP contribution in [-0.4, -0.2) is 26.6 Å². The molecular formula is C23H19F3N4OS2. The van der Waals surface area contributed by atoms with E-state index in [1.807, 2.05) is 29.6 Å². The molecular weight excluding hydrogens is 469 g/mol. The number of nitrogens with zero attached hydrogens (tertiary/aromatic N) is 3. The van der Waals surface area contributed by atoms with E-state index in [-0.39, 0.29) is 17.5 Å². The van der Waals surface area contributed by atoms with E-state index in [1.54, 1.807) is 36.4 Å². The molecule has 33 heavy (non-hydrogen) atoms. The average Bonchev–Trinajstić information content (AvgIpc) is 3.39. The number of nitrogens with one attached hydrogen (secondary N) is 1. The monoisotopic (exact) mass is 488 g/mol. The minimum atomic E-state index is -4.38. The van der Waals surface area contributed by atoms with Gasteiger partial charge in [-0.25, -0.2) is 9.97 Å². The quantitative estimate of drug-likeness (QED) is 0.307. The largest absolute Gasteiger partial charge is 0.406 e. The highest BCUT2D eigenvalue weighted by Gasteiger charge is 2.30. The summed E-state index contributed by atoms with van der Waals surface area (Å²) in [5, 5.41) is 5.53. The number of halogens is 3. The van der Waals surface area contributed by atoms with Crippen molar-refractivity contribution in [2.45, 2.75) is 30.1 Å². The summed E-state index contributed by atoms with van der Waals surface area (Å²) in [6.45, 7) is -1.12. The van der Waals surface area contributed by atoms with Crippen molar-refractivity contribution >= 4 is 34.7 Å². The van der Waals surface area contributed by atoms with Crippen molar-refractivity contribution in [3.8, 4) is 11.3 Å². The summed E-state index contributed by atoms with van der Waals surface area (Å²) in [4.78, 5) is 20.9. The molecule has 0 saturated carbocycles. The van der Waals surface area contributed by atoms with Gasteiger partial charge in [-0.2, -0.15) is 13.2 Å². The number of aromatic nitrogens is 3. The number of alkyl halides is 3. The van der Waals surface area contributed by atoms with Gasteiger partial charge in [0.2, 0.25) is 5.91 Å². The number of thioether (sulfide) groups is 1. The van der Waals surface area contributed by atoms with Gasteiger partial charge in [0.15, 0.2) is 5.16 Å². The highest BCUT2D eigenvalue weighted by molar-refractivity contribution is 7.98. The lowest BCUT2D eigenvalue weighted by Gasteiger charge is -2.14. The molecule has 0 bridgehead atoms. The van der Waals surface area contributed by atoms with Crippen LogP contribution in [0.1, 0.15) is 10.7 Å². The average molecular weight is 489 g/mol. The maximum Gasteiger partial charge on any atom is 0.406 e. The van der Waals surface area contributed by atoms with Crippen LogP contribution in [0.5, 0.6) is 0 Å². The molecule has 4 rings (SSSR count). The molecule has 170 valence electrons. The van der Waals surface area contributed by atoms with E-state index in [0.717, 1.165) is 0 Å². The lowest BCUT2D eigenvalue weighted by Crippen LogP contribution is -2.19. The number of amides is 1. The molecule has 0 atom stereocenters. The molecule has 10 heteroatoms. The number of imidazole rings is 1. The molecule has 1 N–H and O–H groups in total. The highest BCUT2D eigenvalue weighted by Crippen LogP contribution is 2.31. The molecule has 0 radical (unpaired) electrons. The zero-order chi connectivity index (χ0) is 23.3. The fourth-order valence-electron chi connectivity index (χ4n) is 3.14. The maximum absolute atomic E-state index is 13.2. The summed E-state index contributed by atoms with van der Waals surface area (Å²) < 4.78 is 40.9. The fraction of sp³-hybridized carbons (Fsp3) is 0.174. The van der Waals surface area contributed by atoms with Gasteiger partial charge < -0.3 is 9.88 Å². The number of rotatable bonds is 8. The number of anilines is 1. The second kappa shape index (κ2) is 10.2. The zero-order valence-electron chi connectivity index (χ0n) is 17.2. The summed E-state index contributed by atoms with van der Waals surface area (Å²) in [7, 11) is 0. The van der Waals surface area contributed by atoms with Crippen LogP contribution >= 0.6 is 23.1 Å².